The SMILES string of the molecule is CC(=O)NCCC=Cc1cc(F)c(N)cc1F. The zero-order chi connectivity index (χ0) is 12.8. The van der Waals surface area contributed by atoms with Crippen LogP contribution in [-0.2, 0) is 4.79 Å². The number of rotatable bonds is 4. The number of carbonyl (C=O) groups is 1. The fraction of sp³-hybridized carbons (Fsp3) is 0.250. The lowest BCUT2D eigenvalue weighted by molar-refractivity contribution is -0.118. The number of amides is 1. The van der Waals surface area contributed by atoms with Crippen LogP contribution in [0.1, 0.15) is 18.9 Å². The highest BCUT2D eigenvalue weighted by molar-refractivity contribution is 5.72. The van der Waals surface area contributed by atoms with E-state index in [1.54, 1.807) is 6.08 Å². The minimum Gasteiger partial charge on any atom is -0.396 e. The van der Waals surface area contributed by atoms with Crippen molar-refractivity contribution in [3.05, 3.63) is 35.4 Å². The molecule has 0 aliphatic carbocycles. The first-order valence-electron chi connectivity index (χ1n) is 5.16. The predicted octanol–water partition coefficient (Wildman–Crippen LogP) is 2.09. The lowest BCUT2D eigenvalue weighted by atomic mass is 10.1. The van der Waals surface area contributed by atoms with Crippen molar-refractivity contribution in [1.82, 2.24) is 5.32 Å². The molecule has 0 unspecified atom stereocenters. The van der Waals surface area contributed by atoms with E-state index in [-0.39, 0.29) is 17.2 Å². The summed E-state index contributed by atoms with van der Waals surface area (Å²) in [7, 11) is 0. The molecule has 0 spiro atoms. The third kappa shape index (κ3) is 4.22. The molecule has 5 heteroatoms. The Morgan fingerprint density at radius 2 is 2.12 bits per heavy atom. The molecule has 0 saturated carbocycles. The molecule has 3 N–H and O–H groups in total. The number of halogens is 2. The van der Waals surface area contributed by atoms with Crippen LogP contribution in [-0.4, -0.2) is 12.5 Å². The van der Waals surface area contributed by atoms with Gasteiger partial charge in [0.2, 0.25) is 5.91 Å². The average molecular weight is 240 g/mol. The Kier molecular flexibility index (Phi) is 4.63. The zero-order valence-corrected chi connectivity index (χ0v) is 9.47. The fourth-order valence-electron chi connectivity index (χ4n) is 1.25. The number of hydrogen-bond acceptors (Lipinski definition) is 2. The minimum atomic E-state index is -0.645. The number of benzene rings is 1. The molecule has 0 fully saturated rings. The van der Waals surface area contributed by atoms with Crippen molar-refractivity contribution in [3.63, 3.8) is 0 Å². The van der Waals surface area contributed by atoms with Gasteiger partial charge in [0.15, 0.2) is 0 Å². The maximum Gasteiger partial charge on any atom is 0.216 e. The normalized spacial score (nSPS) is 10.8. The van der Waals surface area contributed by atoms with E-state index in [2.05, 4.69) is 5.32 Å². The van der Waals surface area contributed by atoms with Crippen LogP contribution >= 0.6 is 0 Å². The van der Waals surface area contributed by atoms with E-state index >= 15 is 0 Å². The number of nitrogens with two attached hydrogens (primary N) is 1. The number of carbonyl (C=O) groups excluding carboxylic acids is 1. The van der Waals surface area contributed by atoms with Crippen molar-refractivity contribution in [2.75, 3.05) is 12.3 Å². The second-order valence-corrected chi connectivity index (χ2v) is 3.57. The second kappa shape index (κ2) is 5.98. The van der Waals surface area contributed by atoms with Gasteiger partial charge in [-0.05, 0) is 12.5 Å². The predicted molar refractivity (Wildman–Crippen MR) is 63.1 cm³/mol. The molecule has 0 bridgehead atoms. The molecule has 0 radical (unpaired) electrons. The molecule has 1 rings (SSSR count). The van der Waals surface area contributed by atoms with Gasteiger partial charge in [0, 0.05) is 25.1 Å². The second-order valence-electron chi connectivity index (χ2n) is 3.57. The van der Waals surface area contributed by atoms with E-state index in [0.717, 1.165) is 12.1 Å². The molecule has 1 amide bonds. The largest absolute Gasteiger partial charge is 0.396 e. The van der Waals surface area contributed by atoms with Gasteiger partial charge in [0.05, 0.1) is 5.69 Å². The van der Waals surface area contributed by atoms with Crippen LogP contribution in [0.4, 0.5) is 14.5 Å². The van der Waals surface area contributed by atoms with E-state index < -0.39 is 11.6 Å². The number of nitrogen functional groups attached to an aromatic ring is 1. The molecule has 1 aromatic carbocycles. The summed E-state index contributed by atoms with van der Waals surface area (Å²) < 4.78 is 26.4. The van der Waals surface area contributed by atoms with E-state index in [9.17, 15) is 13.6 Å². The van der Waals surface area contributed by atoms with Gasteiger partial charge < -0.3 is 11.1 Å². The van der Waals surface area contributed by atoms with E-state index in [0.29, 0.717) is 13.0 Å². The Balaban J connectivity index is 2.59. The topological polar surface area (TPSA) is 55.1 Å². The highest BCUT2D eigenvalue weighted by Crippen LogP contribution is 2.17. The van der Waals surface area contributed by atoms with Crippen molar-refractivity contribution < 1.29 is 13.6 Å². The Hall–Kier alpha value is -1.91. The minimum absolute atomic E-state index is 0.122. The molecule has 0 atom stereocenters. The summed E-state index contributed by atoms with van der Waals surface area (Å²) >= 11 is 0. The van der Waals surface area contributed by atoms with Gasteiger partial charge in [0.1, 0.15) is 11.6 Å². The third-order valence-electron chi connectivity index (χ3n) is 2.10. The Bertz CT molecular complexity index is 444. The first-order valence-corrected chi connectivity index (χ1v) is 5.16. The van der Waals surface area contributed by atoms with Crippen LogP contribution in [0.25, 0.3) is 6.08 Å². The molecule has 0 heterocycles. The van der Waals surface area contributed by atoms with E-state index in [1.807, 2.05) is 0 Å². The first-order chi connectivity index (χ1) is 8.00. The summed E-state index contributed by atoms with van der Waals surface area (Å²) in [5.74, 6) is -1.34. The fourth-order valence-corrected chi connectivity index (χ4v) is 1.25. The monoisotopic (exact) mass is 240 g/mol. The van der Waals surface area contributed by atoms with Crippen molar-refractivity contribution in [3.8, 4) is 0 Å². The molecule has 17 heavy (non-hydrogen) atoms. The molecular formula is C12H14F2N2O. The molecule has 1 aromatic rings. The van der Waals surface area contributed by atoms with Crippen LogP contribution in [0, 0.1) is 11.6 Å². The smallest absolute Gasteiger partial charge is 0.216 e. The molecule has 92 valence electrons. The highest BCUT2D eigenvalue weighted by Gasteiger charge is 2.04. The summed E-state index contributed by atoms with van der Waals surface area (Å²) in [5, 5.41) is 2.59. The van der Waals surface area contributed by atoms with Crippen molar-refractivity contribution in [2.24, 2.45) is 0 Å². The number of nitrogens with one attached hydrogen (secondary N) is 1. The third-order valence-corrected chi connectivity index (χ3v) is 2.10. The Morgan fingerprint density at radius 3 is 2.76 bits per heavy atom. The Labute approximate surface area is 98.3 Å². The van der Waals surface area contributed by atoms with Crippen molar-refractivity contribution >= 4 is 17.7 Å². The van der Waals surface area contributed by atoms with Gasteiger partial charge in [-0.2, -0.15) is 0 Å². The van der Waals surface area contributed by atoms with Crippen molar-refractivity contribution in [1.29, 1.82) is 0 Å². The standard InChI is InChI=1S/C12H14F2N2O/c1-8(17)16-5-3-2-4-9-6-11(14)12(15)7-10(9)13/h2,4,6-7H,3,5,15H2,1H3,(H,16,17). The molecule has 0 aliphatic rings. The van der Waals surface area contributed by atoms with Gasteiger partial charge in [-0.1, -0.05) is 12.2 Å². The Morgan fingerprint density at radius 1 is 1.41 bits per heavy atom. The van der Waals surface area contributed by atoms with Crippen LogP contribution in [0.15, 0.2) is 18.2 Å². The summed E-state index contributed by atoms with van der Waals surface area (Å²) in [5.41, 5.74) is 5.14. The van der Waals surface area contributed by atoms with E-state index in [4.69, 9.17) is 5.73 Å². The van der Waals surface area contributed by atoms with Crippen LogP contribution < -0.4 is 11.1 Å². The number of hydrogen-bond donors (Lipinski definition) is 2. The van der Waals surface area contributed by atoms with Gasteiger partial charge in [-0.3, -0.25) is 4.79 Å². The first kappa shape index (κ1) is 13.2. The molecule has 3 nitrogen and oxygen atoms in total. The van der Waals surface area contributed by atoms with Gasteiger partial charge >= 0.3 is 0 Å². The molecule has 0 saturated heterocycles. The summed E-state index contributed by atoms with van der Waals surface area (Å²) in [4.78, 5) is 10.6. The van der Waals surface area contributed by atoms with Crippen LogP contribution in [0.3, 0.4) is 0 Å². The van der Waals surface area contributed by atoms with Crippen molar-refractivity contribution in [2.45, 2.75) is 13.3 Å². The number of anilines is 1. The van der Waals surface area contributed by atoms with Crippen LogP contribution in [0.5, 0.6) is 0 Å². The maximum absolute atomic E-state index is 13.3. The van der Waals surface area contributed by atoms with Gasteiger partial charge in [-0.25, -0.2) is 8.78 Å². The lowest BCUT2D eigenvalue weighted by Gasteiger charge is -2.01. The van der Waals surface area contributed by atoms with Gasteiger partial charge in [0.25, 0.3) is 0 Å². The molecule has 0 aliphatic heterocycles. The highest BCUT2D eigenvalue weighted by atomic mass is 19.1. The molecular weight excluding hydrogens is 226 g/mol. The summed E-state index contributed by atoms with van der Waals surface area (Å²) in [6.45, 7) is 1.88. The maximum atomic E-state index is 13.3. The van der Waals surface area contributed by atoms with Gasteiger partial charge in [-0.15, -0.1) is 0 Å². The average Bonchev–Trinajstić information content (AvgIpc) is 2.24. The summed E-state index contributed by atoms with van der Waals surface area (Å²) in [6.07, 6.45) is 3.66. The van der Waals surface area contributed by atoms with Crippen LogP contribution in [0.2, 0.25) is 0 Å². The van der Waals surface area contributed by atoms with E-state index in [1.165, 1.54) is 13.0 Å². The zero-order valence-electron chi connectivity index (χ0n) is 9.47. The summed E-state index contributed by atoms with van der Waals surface area (Å²) in [6, 6.07) is 1.99. The molecule has 0 aromatic heterocycles. The lowest BCUT2D eigenvalue weighted by Crippen LogP contribution is -2.20. The quantitative estimate of drug-likeness (QED) is 0.625.